The second-order valence-electron chi connectivity index (χ2n) is 7.59. The number of aromatic nitrogens is 2. The molecule has 0 spiro atoms. The Balaban J connectivity index is 1.48. The summed E-state index contributed by atoms with van der Waals surface area (Å²) in [6.07, 6.45) is 0. The van der Waals surface area contributed by atoms with Crippen molar-refractivity contribution in [1.29, 1.82) is 0 Å². The Morgan fingerprint density at radius 3 is 2.76 bits per heavy atom. The SMILES string of the molecule is O=C(NCCO)c1ccc2c(c1)nc(COc1ccccc1)n2Cc1ccc2c(c1)OCO2. The summed E-state index contributed by atoms with van der Waals surface area (Å²) in [5.41, 5.74) is 3.10. The number of hydrogen-bond acceptors (Lipinski definition) is 6. The lowest BCUT2D eigenvalue weighted by Crippen LogP contribution is -2.26. The third-order valence-electron chi connectivity index (χ3n) is 5.38. The molecule has 0 saturated heterocycles. The zero-order valence-corrected chi connectivity index (χ0v) is 17.9. The molecular formula is C25H23N3O5. The van der Waals surface area contributed by atoms with Crippen molar-refractivity contribution in [3.8, 4) is 17.2 Å². The van der Waals surface area contributed by atoms with Crippen molar-refractivity contribution in [2.75, 3.05) is 19.9 Å². The molecule has 0 bridgehead atoms. The molecule has 3 aromatic carbocycles. The van der Waals surface area contributed by atoms with Gasteiger partial charge in [-0.3, -0.25) is 4.79 Å². The van der Waals surface area contributed by atoms with E-state index in [1.807, 2.05) is 54.6 Å². The Morgan fingerprint density at radius 2 is 1.91 bits per heavy atom. The Kier molecular flexibility index (Phi) is 5.82. The molecule has 0 fully saturated rings. The Labute approximate surface area is 190 Å². The van der Waals surface area contributed by atoms with E-state index in [4.69, 9.17) is 24.3 Å². The second kappa shape index (κ2) is 9.22. The van der Waals surface area contributed by atoms with E-state index < -0.39 is 0 Å². The Hall–Kier alpha value is -4.04. The van der Waals surface area contributed by atoms with Crippen molar-refractivity contribution in [3.63, 3.8) is 0 Å². The number of carbonyl (C=O) groups is 1. The quantitative estimate of drug-likeness (QED) is 0.433. The summed E-state index contributed by atoms with van der Waals surface area (Å²) in [5, 5.41) is 11.6. The van der Waals surface area contributed by atoms with Gasteiger partial charge < -0.3 is 29.2 Å². The summed E-state index contributed by atoms with van der Waals surface area (Å²) in [5.74, 6) is 2.70. The van der Waals surface area contributed by atoms with Crippen LogP contribution in [-0.2, 0) is 13.2 Å². The minimum Gasteiger partial charge on any atom is -0.486 e. The molecule has 1 aliphatic heterocycles. The number of aliphatic hydroxyl groups excluding tert-OH is 1. The molecule has 168 valence electrons. The van der Waals surface area contributed by atoms with E-state index in [1.165, 1.54) is 0 Å². The van der Waals surface area contributed by atoms with Crippen LogP contribution in [-0.4, -0.2) is 40.5 Å². The first-order valence-electron chi connectivity index (χ1n) is 10.7. The van der Waals surface area contributed by atoms with E-state index in [2.05, 4.69) is 9.88 Å². The Morgan fingerprint density at radius 1 is 1.06 bits per heavy atom. The third kappa shape index (κ3) is 4.47. The number of fused-ring (bicyclic) bond motifs is 2. The maximum Gasteiger partial charge on any atom is 0.251 e. The molecule has 0 unspecified atom stereocenters. The first-order valence-corrected chi connectivity index (χ1v) is 10.7. The van der Waals surface area contributed by atoms with Gasteiger partial charge in [0.1, 0.15) is 18.2 Å². The first kappa shape index (κ1) is 20.8. The lowest BCUT2D eigenvalue weighted by Gasteiger charge is -2.11. The standard InChI is InChI=1S/C25H23N3O5/c29-11-10-26-25(30)18-7-8-21-20(13-18)27-24(15-31-19-4-2-1-3-5-19)28(21)14-17-6-9-22-23(12-17)33-16-32-22/h1-9,12-13,29H,10-11,14-16H2,(H,26,30). The molecule has 0 saturated carbocycles. The van der Waals surface area contributed by atoms with Crippen LogP contribution < -0.4 is 19.5 Å². The summed E-state index contributed by atoms with van der Waals surface area (Å²) in [7, 11) is 0. The highest BCUT2D eigenvalue weighted by molar-refractivity contribution is 5.97. The molecular weight excluding hydrogens is 422 g/mol. The monoisotopic (exact) mass is 445 g/mol. The molecule has 1 aliphatic rings. The topological polar surface area (TPSA) is 94.8 Å². The molecule has 4 aromatic rings. The van der Waals surface area contributed by atoms with Gasteiger partial charge in [0.2, 0.25) is 6.79 Å². The van der Waals surface area contributed by atoms with Gasteiger partial charge in [0.15, 0.2) is 11.5 Å². The van der Waals surface area contributed by atoms with Crippen LogP contribution >= 0.6 is 0 Å². The van der Waals surface area contributed by atoms with Crippen molar-refractivity contribution in [2.45, 2.75) is 13.2 Å². The van der Waals surface area contributed by atoms with Gasteiger partial charge in [0.25, 0.3) is 5.91 Å². The van der Waals surface area contributed by atoms with E-state index in [1.54, 1.807) is 12.1 Å². The summed E-state index contributed by atoms with van der Waals surface area (Å²) in [6, 6.07) is 20.8. The second-order valence-corrected chi connectivity index (χ2v) is 7.59. The first-order chi connectivity index (χ1) is 16.2. The molecule has 1 amide bonds. The van der Waals surface area contributed by atoms with Gasteiger partial charge >= 0.3 is 0 Å². The van der Waals surface area contributed by atoms with Crippen LogP contribution in [0.5, 0.6) is 17.2 Å². The van der Waals surface area contributed by atoms with E-state index in [9.17, 15) is 4.79 Å². The van der Waals surface area contributed by atoms with Crippen molar-refractivity contribution in [1.82, 2.24) is 14.9 Å². The molecule has 1 aromatic heterocycles. The predicted molar refractivity (Wildman–Crippen MR) is 122 cm³/mol. The summed E-state index contributed by atoms with van der Waals surface area (Å²) < 4.78 is 19.0. The fourth-order valence-electron chi connectivity index (χ4n) is 3.77. The zero-order valence-electron chi connectivity index (χ0n) is 17.9. The van der Waals surface area contributed by atoms with E-state index in [-0.39, 0.29) is 32.5 Å². The van der Waals surface area contributed by atoms with Crippen LogP contribution in [0.1, 0.15) is 21.7 Å². The van der Waals surface area contributed by atoms with Gasteiger partial charge in [-0.15, -0.1) is 0 Å². The van der Waals surface area contributed by atoms with Crippen LogP contribution in [0.4, 0.5) is 0 Å². The Bertz CT molecular complexity index is 1290. The van der Waals surface area contributed by atoms with Gasteiger partial charge in [-0.2, -0.15) is 0 Å². The summed E-state index contributed by atoms with van der Waals surface area (Å²) in [4.78, 5) is 17.1. The fraction of sp³-hybridized carbons (Fsp3) is 0.200. The number of nitrogens with one attached hydrogen (secondary N) is 1. The number of benzene rings is 3. The molecule has 2 N–H and O–H groups in total. The lowest BCUT2D eigenvalue weighted by atomic mass is 10.1. The number of hydrogen-bond donors (Lipinski definition) is 2. The van der Waals surface area contributed by atoms with Crippen LogP contribution in [0.3, 0.4) is 0 Å². The summed E-state index contributed by atoms with van der Waals surface area (Å²) >= 11 is 0. The van der Waals surface area contributed by atoms with E-state index in [0.717, 1.165) is 34.2 Å². The van der Waals surface area contributed by atoms with Crippen LogP contribution in [0.25, 0.3) is 11.0 Å². The number of ether oxygens (including phenoxy) is 3. The van der Waals surface area contributed by atoms with Gasteiger partial charge in [0, 0.05) is 18.7 Å². The van der Waals surface area contributed by atoms with Crippen molar-refractivity contribution >= 4 is 16.9 Å². The maximum atomic E-state index is 12.3. The smallest absolute Gasteiger partial charge is 0.251 e. The fourth-order valence-corrected chi connectivity index (χ4v) is 3.77. The molecule has 5 rings (SSSR count). The van der Waals surface area contributed by atoms with Crippen LogP contribution in [0.2, 0.25) is 0 Å². The average molecular weight is 445 g/mol. The lowest BCUT2D eigenvalue weighted by molar-refractivity contribution is 0.0945. The van der Waals surface area contributed by atoms with Gasteiger partial charge in [-0.1, -0.05) is 24.3 Å². The number of rotatable bonds is 8. The number of nitrogens with zero attached hydrogens (tertiary/aromatic N) is 2. The van der Waals surface area contributed by atoms with Gasteiger partial charge in [-0.25, -0.2) is 4.98 Å². The molecule has 0 aliphatic carbocycles. The van der Waals surface area contributed by atoms with Gasteiger partial charge in [0.05, 0.1) is 17.6 Å². The molecule has 8 nitrogen and oxygen atoms in total. The molecule has 2 heterocycles. The maximum absolute atomic E-state index is 12.3. The number of para-hydroxylation sites is 1. The summed E-state index contributed by atoms with van der Waals surface area (Å²) in [6.45, 7) is 1.14. The number of imidazole rings is 1. The minimum absolute atomic E-state index is 0.112. The van der Waals surface area contributed by atoms with E-state index >= 15 is 0 Å². The predicted octanol–water partition coefficient (Wildman–Crippen LogP) is 3.11. The zero-order chi connectivity index (χ0) is 22.6. The number of carbonyl (C=O) groups excluding carboxylic acids is 1. The highest BCUT2D eigenvalue weighted by atomic mass is 16.7. The van der Waals surface area contributed by atoms with Crippen molar-refractivity contribution < 1.29 is 24.1 Å². The average Bonchev–Trinajstić information content (AvgIpc) is 3.45. The van der Waals surface area contributed by atoms with Crippen molar-refractivity contribution in [3.05, 3.63) is 83.7 Å². The minimum atomic E-state index is -0.252. The van der Waals surface area contributed by atoms with Crippen LogP contribution in [0.15, 0.2) is 66.7 Å². The third-order valence-corrected chi connectivity index (χ3v) is 5.38. The van der Waals surface area contributed by atoms with Crippen LogP contribution in [0, 0.1) is 0 Å². The van der Waals surface area contributed by atoms with Crippen molar-refractivity contribution in [2.24, 2.45) is 0 Å². The number of aliphatic hydroxyl groups is 1. The molecule has 0 atom stereocenters. The molecule has 33 heavy (non-hydrogen) atoms. The highest BCUT2D eigenvalue weighted by Crippen LogP contribution is 2.33. The van der Waals surface area contributed by atoms with E-state index in [0.29, 0.717) is 17.6 Å². The molecule has 8 heteroatoms. The highest BCUT2D eigenvalue weighted by Gasteiger charge is 2.17. The number of amides is 1. The largest absolute Gasteiger partial charge is 0.486 e. The normalized spacial score (nSPS) is 12.2. The molecule has 0 radical (unpaired) electrons. The van der Waals surface area contributed by atoms with Gasteiger partial charge in [-0.05, 0) is 48.0 Å².